The second-order valence-corrected chi connectivity index (χ2v) is 6.98. The summed E-state index contributed by atoms with van der Waals surface area (Å²) in [6.45, 7) is 8.03. The van der Waals surface area contributed by atoms with Gasteiger partial charge in [-0.25, -0.2) is 4.79 Å². The summed E-state index contributed by atoms with van der Waals surface area (Å²) < 4.78 is 5.50. The fourth-order valence-corrected chi connectivity index (χ4v) is 3.17. The van der Waals surface area contributed by atoms with Gasteiger partial charge in [-0.15, -0.1) is 0 Å². The van der Waals surface area contributed by atoms with Crippen LogP contribution in [-0.4, -0.2) is 17.9 Å². The Morgan fingerprint density at radius 1 is 1.00 bits per heavy atom. The van der Waals surface area contributed by atoms with E-state index in [2.05, 4.69) is 13.0 Å². The molecule has 0 aromatic carbocycles. The summed E-state index contributed by atoms with van der Waals surface area (Å²) in [4.78, 5) is 24.1. The van der Waals surface area contributed by atoms with Crippen LogP contribution in [0.1, 0.15) is 66.2 Å². The first-order valence-electron chi connectivity index (χ1n) is 8.64. The number of hydrogen-bond acceptors (Lipinski definition) is 3. The van der Waals surface area contributed by atoms with Crippen molar-refractivity contribution < 1.29 is 14.3 Å². The number of fused-ring (bicyclic) bond motifs is 1. The van der Waals surface area contributed by atoms with Gasteiger partial charge in [0.25, 0.3) is 0 Å². The summed E-state index contributed by atoms with van der Waals surface area (Å²) in [6.07, 6.45) is 9.01. The van der Waals surface area contributed by atoms with Crippen LogP contribution in [0.5, 0.6) is 0 Å². The number of esters is 1. The summed E-state index contributed by atoms with van der Waals surface area (Å²) in [7, 11) is 0. The van der Waals surface area contributed by atoms with Gasteiger partial charge in [0.1, 0.15) is 11.9 Å². The SMILES string of the molecule is CC1=C2CC/C(C)=C\CC[C@@H](C)C(=O)CC/C(C)=C\[C@H]2OC1=O. The third-order valence-electron chi connectivity index (χ3n) is 5.00. The lowest BCUT2D eigenvalue weighted by Gasteiger charge is -2.14. The van der Waals surface area contributed by atoms with Crippen LogP contribution in [0.25, 0.3) is 0 Å². The molecule has 3 nitrogen and oxygen atoms in total. The molecule has 0 amide bonds. The Hall–Kier alpha value is -1.64. The summed E-state index contributed by atoms with van der Waals surface area (Å²) in [5, 5.41) is 0. The summed E-state index contributed by atoms with van der Waals surface area (Å²) in [5.74, 6) is 0.248. The Morgan fingerprint density at radius 3 is 2.43 bits per heavy atom. The Morgan fingerprint density at radius 2 is 1.70 bits per heavy atom. The highest BCUT2D eigenvalue weighted by atomic mass is 16.5. The van der Waals surface area contributed by atoms with E-state index in [0.29, 0.717) is 12.2 Å². The molecular weight excluding hydrogens is 288 g/mol. The molecule has 1 aliphatic heterocycles. The molecule has 0 aromatic heterocycles. The van der Waals surface area contributed by atoms with E-state index in [-0.39, 0.29) is 18.0 Å². The Kier molecular flexibility index (Phi) is 5.97. The Bertz CT molecular complexity index is 578. The minimum atomic E-state index is -0.245. The lowest BCUT2D eigenvalue weighted by Crippen LogP contribution is -2.12. The van der Waals surface area contributed by atoms with Gasteiger partial charge in [-0.3, -0.25) is 4.79 Å². The van der Waals surface area contributed by atoms with E-state index in [1.54, 1.807) is 0 Å². The molecule has 0 unspecified atom stereocenters. The van der Waals surface area contributed by atoms with E-state index in [0.717, 1.165) is 48.8 Å². The van der Waals surface area contributed by atoms with E-state index in [1.165, 1.54) is 5.57 Å². The van der Waals surface area contributed by atoms with Gasteiger partial charge in [-0.2, -0.15) is 0 Å². The van der Waals surface area contributed by atoms with Crippen molar-refractivity contribution in [1.29, 1.82) is 0 Å². The van der Waals surface area contributed by atoms with E-state index in [4.69, 9.17) is 4.74 Å². The van der Waals surface area contributed by atoms with Crippen molar-refractivity contribution in [3.63, 3.8) is 0 Å². The summed E-state index contributed by atoms with van der Waals surface area (Å²) in [5.41, 5.74) is 4.29. The molecule has 3 heteroatoms. The number of carbonyl (C=O) groups excluding carboxylic acids is 2. The molecule has 0 aromatic rings. The number of rotatable bonds is 0. The van der Waals surface area contributed by atoms with Crippen LogP contribution in [0.2, 0.25) is 0 Å². The summed E-state index contributed by atoms with van der Waals surface area (Å²) >= 11 is 0. The fourth-order valence-electron chi connectivity index (χ4n) is 3.17. The van der Waals surface area contributed by atoms with Crippen LogP contribution >= 0.6 is 0 Å². The third-order valence-corrected chi connectivity index (χ3v) is 5.00. The standard InChI is InChI=1S/C20H28O3/c1-13-6-5-7-15(3)18(21)11-9-14(2)12-19-17(10-8-13)16(4)20(22)23-19/h6,12,15,19H,5,7-11H2,1-4H3/b13-6-,14-12-/t15-,19-/m1/s1. The zero-order valence-corrected chi connectivity index (χ0v) is 14.8. The van der Waals surface area contributed by atoms with Gasteiger partial charge in [-0.05, 0) is 64.5 Å². The number of Topliss-reactive ketones (excluding diaryl/α,β-unsaturated/α-hetero) is 1. The highest BCUT2D eigenvalue weighted by Crippen LogP contribution is 2.30. The Balaban J connectivity index is 2.23. The number of hydrogen-bond donors (Lipinski definition) is 0. The largest absolute Gasteiger partial charge is 0.450 e. The maximum Gasteiger partial charge on any atom is 0.334 e. The van der Waals surface area contributed by atoms with Crippen LogP contribution < -0.4 is 0 Å². The molecule has 0 spiro atoms. The van der Waals surface area contributed by atoms with Crippen LogP contribution in [0.4, 0.5) is 0 Å². The first-order valence-corrected chi connectivity index (χ1v) is 8.64. The maximum absolute atomic E-state index is 12.2. The normalized spacial score (nSPS) is 32.3. The van der Waals surface area contributed by atoms with Crippen molar-refractivity contribution in [1.82, 2.24) is 0 Å². The zero-order chi connectivity index (χ0) is 17.0. The van der Waals surface area contributed by atoms with Crippen molar-refractivity contribution in [2.45, 2.75) is 72.3 Å². The van der Waals surface area contributed by atoms with E-state index in [1.807, 2.05) is 26.8 Å². The molecule has 0 radical (unpaired) electrons. The first-order chi connectivity index (χ1) is 10.9. The Labute approximate surface area is 139 Å². The van der Waals surface area contributed by atoms with Crippen LogP contribution in [-0.2, 0) is 14.3 Å². The molecule has 2 rings (SSSR count). The number of carbonyl (C=O) groups is 2. The van der Waals surface area contributed by atoms with Gasteiger partial charge in [0.2, 0.25) is 0 Å². The molecule has 23 heavy (non-hydrogen) atoms. The van der Waals surface area contributed by atoms with Gasteiger partial charge < -0.3 is 4.74 Å². The monoisotopic (exact) mass is 316 g/mol. The fraction of sp³-hybridized carbons (Fsp3) is 0.600. The van der Waals surface area contributed by atoms with E-state index < -0.39 is 0 Å². The second-order valence-electron chi connectivity index (χ2n) is 6.98. The highest BCUT2D eigenvalue weighted by molar-refractivity contribution is 5.92. The molecule has 0 saturated heterocycles. The van der Waals surface area contributed by atoms with E-state index >= 15 is 0 Å². The zero-order valence-electron chi connectivity index (χ0n) is 14.8. The van der Waals surface area contributed by atoms with Gasteiger partial charge in [-0.1, -0.05) is 24.1 Å². The number of ether oxygens (including phenoxy) is 1. The average Bonchev–Trinajstić information content (AvgIpc) is 2.76. The third kappa shape index (κ3) is 4.66. The molecule has 0 bridgehead atoms. The number of ketones is 1. The van der Waals surface area contributed by atoms with Crippen molar-refractivity contribution in [2.24, 2.45) is 5.92 Å². The van der Waals surface area contributed by atoms with Crippen LogP contribution in [0.3, 0.4) is 0 Å². The minimum Gasteiger partial charge on any atom is -0.450 e. The van der Waals surface area contributed by atoms with Gasteiger partial charge in [0.05, 0.1) is 0 Å². The lowest BCUT2D eigenvalue weighted by molar-refractivity contribution is -0.138. The van der Waals surface area contributed by atoms with E-state index in [9.17, 15) is 9.59 Å². The molecule has 0 N–H and O–H groups in total. The summed E-state index contributed by atoms with van der Waals surface area (Å²) in [6, 6.07) is 0. The van der Waals surface area contributed by atoms with Gasteiger partial charge in [0.15, 0.2) is 0 Å². The van der Waals surface area contributed by atoms with Crippen molar-refractivity contribution in [3.05, 3.63) is 34.4 Å². The molecule has 1 aliphatic carbocycles. The smallest absolute Gasteiger partial charge is 0.334 e. The molecule has 0 saturated carbocycles. The minimum absolute atomic E-state index is 0.122. The van der Waals surface area contributed by atoms with Crippen molar-refractivity contribution >= 4 is 11.8 Å². The number of allylic oxidation sites excluding steroid dienone is 3. The quantitative estimate of drug-likeness (QED) is 0.481. The van der Waals surface area contributed by atoms with Crippen molar-refractivity contribution in [2.75, 3.05) is 0 Å². The molecule has 126 valence electrons. The van der Waals surface area contributed by atoms with Crippen LogP contribution in [0.15, 0.2) is 34.4 Å². The second kappa shape index (κ2) is 7.76. The molecule has 2 atom stereocenters. The molecular formula is C20H28O3. The van der Waals surface area contributed by atoms with Gasteiger partial charge in [0, 0.05) is 17.9 Å². The first kappa shape index (κ1) is 17.7. The predicted molar refractivity (Wildman–Crippen MR) is 92.0 cm³/mol. The average molecular weight is 316 g/mol. The highest BCUT2D eigenvalue weighted by Gasteiger charge is 2.29. The molecule has 1 heterocycles. The van der Waals surface area contributed by atoms with Crippen LogP contribution in [0, 0.1) is 5.92 Å². The van der Waals surface area contributed by atoms with Crippen molar-refractivity contribution in [3.8, 4) is 0 Å². The maximum atomic E-state index is 12.2. The molecule has 2 aliphatic rings. The topological polar surface area (TPSA) is 43.4 Å². The lowest BCUT2D eigenvalue weighted by atomic mass is 9.92. The predicted octanol–water partition coefficient (Wildman–Crippen LogP) is 4.68. The van der Waals surface area contributed by atoms with Gasteiger partial charge >= 0.3 is 5.97 Å². The molecule has 0 fully saturated rings.